The van der Waals surface area contributed by atoms with Gasteiger partial charge in [0.2, 0.25) is 0 Å². The number of amides is 2. The van der Waals surface area contributed by atoms with Gasteiger partial charge in [-0.05, 0) is 141 Å². The van der Waals surface area contributed by atoms with Crippen LogP contribution in [-0.4, -0.2) is 65.8 Å². The molecule has 1 unspecified atom stereocenters. The minimum absolute atomic E-state index is 0.0297. The fraction of sp³-hybridized carbons (Fsp3) is 0.458. The highest BCUT2D eigenvalue weighted by atomic mass is 35.5. The van der Waals surface area contributed by atoms with Crippen LogP contribution >= 0.6 is 11.6 Å². The number of carbonyl (C=O) groups is 2. The Labute approximate surface area is 339 Å². The number of halogens is 1. The first-order chi connectivity index (χ1) is 27.3. The van der Waals surface area contributed by atoms with E-state index in [9.17, 15) is 9.59 Å². The number of methoxy groups -OCH3 is 1. The Morgan fingerprint density at radius 1 is 0.696 bits per heavy atom. The number of hydrogen-bond acceptors (Lipinski definition) is 5. The lowest BCUT2D eigenvalue weighted by atomic mass is 9.78. The van der Waals surface area contributed by atoms with Gasteiger partial charge in [-0.25, -0.2) is 0 Å². The molecule has 2 fully saturated rings. The molecule has 4 aromatic rings. The number of nitrogens with zero attached hydrogens (tertiary/aromatic N) is 3. The molecule has 4 aromatic carbocycles. The zero-order valence-corrected chi connectivity index (χ0v) is 34.4. The molecule has 1 aliphatic carbocycles. The van der Waals surface area contributed by atoms with Crippen LogP contribution in [-0.2, 0) is 13.1 Å². The van der Waals surface area contributed by atoms with Crippen molar-refractivity contribution >= 4 is 23.4 Å². The van der Waals surface area contributed by atoms with Gasteiger partial charge in [0.15, 0.2) is 0 Å². The normalized spacial score (nSPS) is 15.9. The number of carbonyl (C=O) groups excluding carboxylic acids is 2. The van der Waals surface area contributed by atoms with Gasteiger partial charge >= 0.3 is 0 Å². The summed E-state index contributed by atoms with van der Waals surface area (Å²) in [6, 6.07) is 31.4. The van der Waals surface area contributed by atoms with E-state index in [2.05, 4.69) is 47.9 Å². The molecule has 0 bridgehead atoms. The Bertz CT molecular complexity index is 1790. The number of benzene rings is 4. The molecular weight excluding hydrogens is 718 g/mol. The van der Waals surface area contributed by atoms with Crippen molar-refractivity contribution < 1.29 is 19.1 Å². The second-order valence-electron chi connectivity index (χ2n) is 15.8. The number of rotatable bonds is 17. The van der Waals surface area contributed by atoms with E-state index < -0.39 is 0 Å². The number of likely N-dealkylation sites (tertiary alicyclic amines) is 1. The van der Waals surface area contributed by atoms with Crippen molar-refractivity contribution in [3.8, 4) is 17.2 Å². The van der Waals surface area contributed by atoms with E-state index >= 15 is 0 Å². The van der Waals surface area contributed by atoms with Crippen LogP contribution in [0.2, 0.25) is 5.02 Å². The Hall–Kier alpha value is -4.33. The zero-order chi connectivity index (χ0) is 39.3. The van der Waals surface area contributed by atoms with Gasteiger partial charge in [0.1, 0.15) is 17.2 Å². The monoisotopic (exact) mass is 777 g/mol. The van der Waals surface area contributed by atoms with Gasteiger partial charge in [0, 0.05) is 48.4 Å². The molecule has 0 N–H and O–H groups in total. The maximum absolute atomic E-state index is 15.0. The molecule has 2 aliphatic rings. The molecule has 0 spiro atoms. The second-order valence-corrected chi connectivity index (χ2v) is 16.2. The van der Waals surface area contributed by atoms with Gasteiger partial charge in [-0.2, -0.15) is 0 Å². The molecule has 1 saturated carbocycles. The molecule has 56 heavy (non-hydrogen) atoms. The Kier molecular flexibility index (Phi) is 15.3. The first-order valence-corrected chi connectivity index (χ1v) is 21.3. The maximum atomic E-state index is 15.0. The molecule has 1 aliphatic heterocycles. The molecule has 0 radical (unpaired) electrons. The van der Waals surface area contributed by atoms with Crippen LogP contribution in [0, 0.1) is 11.8 Å². The number of hydrogen-bond donors (Lipinski definition) is 0. The van der Waals surface area contributed by atoms with Gasteiger partial charge in [-0.15, -0.1) is 0 Å². The fourth-order valence-corrected chi connectivity index (χ4v) is 8.75. The van der Waals surface area contributed by atoms with E-state index in [0.29, 0.717) is 34.5 Å². The predicted molar refractivity (Wildman–Crippen MR) is 227 cm³/mol. The third-order valence-electron chi connectivity index (χ3n) is 11.7. The third-order valence-corrected chi connectivity index (χ3v) is 11.9. The van der Waals surface area contributed by atoms with Crippen molar-refractivity contribution in [1.29, 1.82) is 0 Å². The lowest BCUT2D eigenvalue weighted by Gasteiger charge is -2.43. The molecule has 7 nitrogen and oxygen atoms in total. The summed E-state index contributed by atoms with van der Waals surface area (Å²) in [7, 11) is 1.70. The van der Waals surface area contributed by atoms with Gasteiger partial charge in [-0.3, -0.25) is 14.5 Å². The van der Waals surface area contributed by atoms with Crippen molar-refractivity contribution in [3.05, 3.63) is 124 Å². The number of piperidine rings is 1. The minimum Gasteiger partial charge on any atom is -0.497 e. The van der Waals surface area contributed by atoms with Crippen LogP contribution in [0.1, 0.15) is 110 Å². The van der Waals surface area contributed by atoms with Crippen LogP contribution in [0.5, 0.6) is 17.2 Å². The van der Waals surface area contributed by atoms with Crippen LogP contribution in [0.15, 0.2) is 97.1 Å². The molecule has 2 amide bonds. The summed E-state index contributed by atoms with van der Waals surface area (Å²) in [5.41, 5.74) is 3.62. The summed E-state index contributed by atoms with van der Waals surface area (Å²) in [5.74, 6) is 3.39. The SMILES string of the molecule is CCCN(CCC)C(=O)c1ccc(C(=O)N(Cc2ccc(Oc3ccc(Cl)cc3)cc2)C(CC2CCCCC2)C2CCN(Cc3ccc(OC)cc3)CC2)cc1. The van der Waals surface area contributed by atoms with Gasteiger partial charge < -0.3 is 19.3 Å². The molecule has 1 heterocycles. The minimum atomic E-state index is 0.0297. The van der Waals surface area contributed by atoms with Crippen molar-refractivity contribution in [2.24, 2.45) is 11.8 Å². The van der Waals surface area contributed by atoms with Crippen molar-refractivity contribution in [2.45, 2.75) is 97.2 Å². The summed E-state index contributed by atoms with van der Waals surface area (Å²) in [4.78, 5) is 35.1. The highest BCUT2D eigenvalue weighted by molar-refractivity contribution is 6.30. The molecule has 8 heteroatoms. The van der Waals surface area contributed by atoms with Crippen LogP contribution in [0.25, 0.3) is 0 Å². The number of ether oxygens (including phenoxy) is 2. The lowest BCUT2D eigenvalue weighted by molar-refractivity contribution is 0.0402. The molecule has 1 saturated heterocycles. The lowest BCUT2D eigenvalue weighted by Crippen LogP contribution is -2.48. The third kappa shape index (κ3) is 11.4. The van der Waals surface area contributed by atoms with Crippen LogP contribution in [0.4, 0.5) is 0 Å². The van der Waals surface area contributed by atoms with E-state index in [4.69, 9.17) is 21.1 Å². The average Bonchev–Trinajstić information content (AvgIpc) is 3.24. The summed E-state index contributed by atoms with van der Waals surface area (Å²) in [6.45, 7) is 9.07. The van der Waals surface area contributed by atoms with Crippen molar-refractivity contribution in [2.75, 3.05) is 33.3 Å². The highest BCUT2D eigenvalue weighted by Gasteiger charge is 2.36. The first-order valence-electron chi connectivity index (χ1n) is 20.9. The van der Waals surface area contributed by atoms with Gasteiger partial charge in [-0.1, -0.05) is 81.8 Å². The van der Waals surface area contributed by atoms with Crippen molar-refractivity contribution in [1.82, 2.24) is 14.7 Å². The van der Waals surface area contributed by atoms with E-state index in [1.165, 1.54) is 37.7 Å². The quantitative estimate of drug-likeness (QED) is 0.107. The first kappa shape index (κ1) is 41.3. The van der Waals surface area contributed by atoms with E-state index in [0.717, 1.165) is 87.6 Å². The molecule has 6 rings (SSSR count). The van der Waals surface area contributed by atoms with Crippen molar-refractivity contribution in [3.63, 3.8) is 0 Å². The summed E-state index contributed by atoms with van der Waals surface area (Å²) in [6.07, 6.45) is 11.2. The standard InChI is InChI=1S/C48H60ClN3O4/c1-4-29-51(30-5-2)47(53)40-15-17-41(18-16-40)48(54)52(35-38-13-23-44(24-14-38)56-45-25-19-42(49)20-26-45)46(33-36-9-7-6-8-10-36)39-27-31-50(32-28-39)34-37-11-21-43(55-3)22-12-37/h11-26,36,39,46H,4-10,27-35H2,1-3H3. The van der Waals surface area contributed by atoms with E-state index in [1.54, 1.807) is 7.11 Å². The predicted octanol–water partition coefficient (Wildman–Crippen LogP) is 11.3. The highest BCUT2D eigenvalue weighted by Crippen LogP contribution is 2.36. The van der Waals surface area contributed by atoms with Crippen LogP contribution < -0.4 is 9.47 Å². The smallest absolute Gasteiger partial charge is 0.254 e. The van der Waals surface area contributed by atoms with Gasteiger partial charge in [0.05, 0.1) is 7.11 Å². The zero-order valence-electron chi connectivity index (χ0n) is 33.6. The maximum Gasteiger partial charge on any atom is 0.254 e. The largest absolute Gasteiger partial charge is 0.497 e. The van der Waals surface area contributed by atoms with E-state index in [1.807, 2.05) is 77.7 Å². The van der Waals surface area contributed by atoms with E-state index in [-0.39, 0.29) is 17.9 Å². The van der Waals surface area contributed by atoms with Crippen LogP contribution in [0.3, 0.4) is 0 Å². The summed E-state index contributed by atoms with van der Waals surface area (Å²) in [5, 5.41) is 0.666. The summed E-state index contributed by atoms with van der Waals surface area (Å²) < 4.78 is 11.5. The Morgan fingerprint density at radius 3 is 1.80 bits per heavy atom. The molecule has 1 atom stereocenters. The Balaban J connectivity index is 1.26. The molecule has 0 aromatic heterocycles. The van der Waals surface area contributed by atoms with Gasteiger partial charge in [0.25, 0.3) is 11.8 Å². The fourth-order valence-electron chi connectivity index (χ4n) is 8.62. The summed E-state index contributed by atoms with van der Waals surface area (Å²) >= 11 is 6.09. The second kappa shape index (κ2) is 20.7. The topological polar surface area (TPSA) is 62.3 Å². The molecular formula is C48H60ClN3O4. The molecule has 298 valence electrons. The average molecular weight is 778 g/mol. The Morgan fingerprint density at radius 2 is 1.23 bits per heavy atom.